The lowest BCUT2D eigenvalue weighted by molar-refractivity contribution is -0.134. The number of imidazole rings is 1. The lowest BCUT2D eigenvalue weighted by Crippen LogP contribution is -2.34. The van der Waals surface area contributed by atoms with Gasteiger partial charge in [0, 0.05) is 29.9 Å². The van der Waals surface area contributed by atoms with Gasteiger partial charge in [0.2, 0.25) is 5.91 Å². The van der Waals surface area contributed by atoms with E-state index >= 15 is 0 Å². The molecule has 5 heteroatoms. The molecule has 1 aromatic carbocycles. The standard InChI is InChI=1S/C18H22ClN3O/c1-4-10-22(18(23)14(2)3)13-17-20-9-11-21(17)12-15-7-5-6-8-16(15)19/h4-9,11,14H,1,10,12-13H2,2-3H3. The van der Waals surface area contributed by atoms with Gasteiger partial charge >= 0.3 is 0 Å². The van der Waals surface area contributed by atoms with E-state index < -0.39 is 0 Å². The molecule has 0 unspecified atom stereocenters. The summed E-state index contributed by atoms with van der Waals surface area (Å²) >= 11 is 6.23. The largest absolute Gasteiger partial charge is 0.331 e. The first kappa shape index (κ1) is 17.3. The number of rotatable bonds is 7. The summed E-state index contributed by atoms with van der Waals surface area (Å²) in [6.07, 6.45) is 5.39. The number of nitrogens with zero attached hydrogens (tertiary/aromatic N) is 3. The van der Waals surface area contributed by atoms with Crippen LogP contribution in [0, 0.1) is 5.92 Å². The third kappa shape index (κ3) is 4.45. The topological polar surface area (TPSA) is 38.1 Å². The minimum absolute atomic E-state index is 0.0538. The van der Waals surface area contributed by atoms with Crippen LogP contribution in [0.4, 0.5) is 0 Å². The molecule has 1 heterocycles. The highest BCUT2D eigenvalue weighted by molar-refractivity contribution is 6.31. The molecule has 0 fully saturated rings. The first-order chi connectivity index (χ1) is 11.0. The molecule has 23 heavy (non-hydrogen) atoms. The molecule has 0 atom stereocenters. The Hall–Kier alpha value is -2.07. The molecule has 0 bridgehead atoms. The molecule has 4 nitrogen and oxygen atoms in total. The zero-order valence-electron chi connectivity index (χ0n) is 13.6. The third-order valence-electron chi connectivity index (χ3n) is 3.59. The van der Waals surface area contributed by atoms with Crippen LogP contribution in [0.1, 0.15) is 25.2 Å². The van der Waals surface area contributed by atoms with E-state index in [9.17, 15) is 4.79 Å². The number of aromatic nitrogens is 2. The Morgan fingerprint density at radius 2 is 2.17 bits per heavy atom. The lowest BCUT2D eigenvalue weighted by atomic mass is 10.2. The Labute approximate surface area is 142 Å². The van der Waals surface area contributed by atoms with Crippen LogP contribution in [0.3, 0.4) is 0 Å². The van der Waals surface area contributed by atoms with Crippen molar-refractivity contribution < 1.29 is 4.79 Å². The predicted molar refractivity (Wildman–Crippen MR) is 93.2 cm³/mol. The zero-order chi connectivity index (χ0) is 16.8. The van der Waals surface area contributed by atoms with Gasteiger partial charge in [0.05, 0.1) is 13.1 Å². The number of hydrogen-bond donors (Lipinski definition) is 0. The summed E-state index contributed by atoms with van der Waals surface area (Å²) in [7, 11) is 0. The zero-order valence-corrected chi connectivity index (χ0v) is 14.3. The Kier molecular flexibility index (Phi) is 5.99. The molecule has 0 spiro atoms. The molecular formula is C18H22ClN3O. The second-order valence-electron chi connectivity index (χ2n) is 5.72. The Bertz CT molecular complexity index is 678. The average Bonchev–Trinajstić information content (AvgIpc) is 2.95. The quantitative estimate of drug-likeness (QED) is 0.725. The number of amides is 1. The van der Waals surface area contributed by atoms with Crippen molar-refractivity contribution in [2.45, 2.75) is 26.9 Å². The number of carbonyl (C=O) groups is 1. The molecule has 0 saturated carbocycles. The van der Waals surface area contributed by atoms with Crippen molar-refractivity contribution in [2.75, 3.05) is 6.54 Å². The van der Waals surface area contributed by atoms with Gasteiger partial charge in [0.25, 0.3) is 0 Å². The van der Waals surface area contributed by atoms with Gasteiger partial charge in [-0.05, 0) is 11.6 Å². The summed E-state index contributed by atoms with van der Waals surface area (Å²) in [5.74, 6) is 0.875. The minimum Gasteiger partial charge on any atom is -0.331 e. The Balaban J connectivity index is 2.18. The third-order valence-corrected chi connectivity index (χ3v) is 3.96. The fourth-order valence-corrected chi connectivity index (χ4v) is 2.57. The van der Waals surface area contributed by atoms with Gasteiger partial charge in [0.15, 0.2) is 0 Å². The average molecular weight is 332 g/mol. The molecule has 0 radical (unpaired) electrons. The van der Waals surface area contributed by atoms with E-state index in [0.717, 1.165) is 16.4 Å². The van der Waals surface area contributed by atoms with Crippen LogP contribution in [-0.2, 0) is 17.9 Å². The van der Waals surface area contributed by atoms with E-state index in [2.05, 4.69) is 11.6 Å². The van der Waals surface area contributed by atoms with Crippen LogP contribution < -0.4 is 0 Å². The highest BCUT2D eigenvalue weighted by Crippen LogP contribution is 2.17. The van der Waals surface area contributed by atoms with E-state index in [1.54, 1.807) is 17.2 Å². The van der Waals surface area contributed by atoms with Gasteiger partial charge < -0.3 is 9.47 Å². The van der Waals surface area contributed by atoms with Crippen LogP contribution >= 0.6 is 11.6 Å². The molecule has 1 amide bonds. The summed E-state index contributed by atoms with van der Waals surface area (Å²) < 4.78 is 2.02. The van der Waals surface area contributed by atoms with E-state index in [1.807, 2.05) is 48.9 Å². The van der Waals surface area contributed by atoms with E-state index in [0.29, 0.717) is 19.6 Å². The van der Waals surface area contributed by atoms with Crippen LogP contribution in [0.15, 0.2) is 49.3 Å². The number of carbonyl (C=O) groups excluding carboxylic acids is 1. The molecule has 2 aromatic rings. The van der Waals surface area contributed by atoms with Crippen molar-refractivity contribution >= 4 is 17.5 Å². The van der Waals surface area contributed by atoms with Gasteiger partial charge in [-0.1, -0.05) is 49.7 Å². The van der Waals surface area contributed by atoms with Crippen molar-refractivity contribution in [1.29, 1.82) is 0 Å². The SMILES string of the molecule is C=CCN(Cc1nccn1Cc1ccccc1Cl)C(=O)C(C)C. The van der Waals surface area contributed by atoms with Gasteiger partial charge in [-0.15, -0.1) is 6.58 Å². The van der Waals surface area contributed by atoms with Crippen LogP contribution in [0.5, 0.6) is 0 Å². The molecule has 0 saturated heterocycles. The Morgan fingerprint density at radius 3 is 2.83 bits per heavy atom. The maximum Gasteiger partial charge on any atom is 0.225 e. The molecular weight excluding hydrogens is 310 g/mol. The fraction of sp³-hybridized carbons (Fsp3) is 0.333. The van der Waals surface area contributed by atoms with Crippen LogP contribution in [0.2, 0.25) is 5.02 Å². The molecule has 0 aliphatic rings. The normalized spacial score (nSPS) is 10.8. The number of halogens is 1. The maximum absolute atomic E-state index is 12.3. The second kappa shape index (κ2) is 7.97. The lowest BCUT2D eigenvalue weighted by Gasteiger charge is -2.23. The molecule has 0 aliphatic heterocycles. The van der Waals surface area contributed by atoms with E-state index in [4.69, 9.17) is 11.6 Å². The van der Waals surface area contributed by atoms with Crippen LogP contribution in [0.25, 0.3) is 0 Å². The second-order valence-corrected chi connectivity index (χ2v) is 6.13. The molecule has 0 aliphatic carbocycles. The fourth-order valence-electron chi connectivity index (χ4n) is 2.37. The summed E-state index contributed by atoms with van der Waals surface area (Å²) in [6.45, 7) is 9.13. The van der Waals surface area contributed by atoms with Crippen molar-refractivity contribution in [3.05, 3.63) is 65.7 Å². The van der Waals surface area contributed by atoms with Crippen molar-refractivity contribution in [1.82, 2.24) is 14.5 Å². The highest BCUT2D eigenvalue weighted by Gasteiger charge is 2.18. The summed E-state index contributed by atoms with van der Waals surface area (Å²) in [4.78, 5) is 18.5. The first-order valence-electron chi connectivity index (χ1n) is 7.66. The smallest absolute Gasteiger partial charge is 0.225 e. The van der Waals surface area contributed by atoms with E-state index in [1.165, 1.54) is 0 Å². The van der Waals surface area contributed by atoms with Gasteiger partial charge in [-0.2, -0.15) is 0 Å². The van der Waals surface area contributed by atoms with Crippen molar-refractivity contribution in [3.63, 3.8) is 0 Å². The van der Waals surface area contributed by atoms with Gasteiger partial charge in [0.1, 0.15) is 5.82 Å². The van der Waals surface area contributed by atoms with E-state index in [-0.39, 0.29) is 11.8 Å². The number of benzene rings is 1. The molecule has 122 valence electrons. The highest BCUT2D eigenvalue weighted by atomic mass is 35.5. The summed E-state index contributed by atoms with van der Waals surface area (Å²) in [5, 5.41) is 0.730. The predicted octanol–water partition coefficient (Wildman–Crippen LogP) is 3.76. The Morgan fingerprint density at radius 1 is 1.43 bits per heavy atom. The molecule has 1 aromatic heterocycles. The molecule has 0 N–H and O–H groups in total. The van der Waals surface area contributed by atoms with Gasteiger partial charge in [-0.25, -0.2) is 4.98 Å². The first-order valence-corrected chi connectivity index (χ1v) is 8.03. The summed E-state index contributed by atoms with van der Waals surface area (Å²) in [5.41, 5.74) is 1.03. The molecule has 2 rings (SSSR count). The minimum atomic E-state index is -0.0538. The number of hydrogen-bond acceptors (Lipinski definition) is 2. The monoisotopic (exact) mass is 331 g/mol. The summed E-state index contributed by atoms with van der Waals surface area (Å²) in [6, 6.07) is 7.74. The van der Waals surface area contributed by atoms with Crippen molar-refractivity contribution in [2.24, 2.45) is 5.92 Å². The maximum atomic E-state index is 12.3. The van der Waals surface area contributed by atoms with Crippen molar-refractivity contribution in [3.8, 4) is 0 Å². The van der Waals surface area contributed by atoms with Crippen LogP contribution in [-0.4, -0.2) is 26.9 Å². The van der Waals surface area contributed by atoms with Gasteiger partial charge in [-0.3, -0.25) is 4.79 Å².